The minimum Gasteiger partial charge on any atom is -0.479 e. The molecule has 1 atom stereocenters. The highest BCUT2D eigenvalue weighted by molar-refractivity contribution is 5.74. The summed E-state index contributed by atoms with van der Waals surface area (Å²) in [7, 11) is 0. The first kappa shape index (κ1) is 16.1. The molecular weight excluding hydrogens is 276 g/mol. The van der Waals surface area contributed by atoms with Crippen LogP contribution < -0.4 is 4.74 Å². The largest absolute Gasteiger partial charge is 0.479 e. The van der Waals surface area contributed by atoms with Crippen molar-refractivity contribution >= 4 is 5.97 Å². The number of esters is 1. The van der Waals surface area contributed by atoms with Crippen LogP contribution >= 0.6 is 0 Å². The van der Waals surface area contributed by atoms with Gasteiger partial charge >= 0.3 is 5.97 Å². The third-order valence-corrected chi connectivity index (χ3v) is 3.17. The van der Waals surface area contributed by atoms with Gasteiger partial charge in [0.2, 0.25) is 0 Å². The fourth-order valence-electron chi connectivity index (χ4n) is 1.97. The van der Waals surface area contributed by atoms with Crippen molar-refractivity contribution in [2.75, 3.05) is 6.61 Å². The van der Waals surface area contributed by atoms with Gasteiger partial charge in [0, 0.05) is 0 Å². The second kappa shape index (κ2) is 7.64. The van der Waals surface area contributed by atoms with Crippen molar-refractivity contribution in [3.8, 4) is 16.9 Å². The lowest BCUT2D eigenvalue weighted by Gasteiger charge is -2.15. The summed E-state index contributed by atoms with van der Waals surface area (Å²) in [6, 6.07) is 17.8. The molecule has 0 aromatic heterocycles. The highest BCUT2D eigenvalue weighted by Crippen LogP contribution is 2.22. The zero-order chi connectivity index (χ0) is 15.9. The van der Waals surface area contributed by atoms with Crippen LogP contribution in [-0.2, 0) is 9.53 Å². The summed E-state index contributed by atoms with van der Waals surface area (Å²) in [5.41, 5.74) is 2.27. The molecule has 0 fully saturated rings. The van der Waals surface area contributed by atoms with Crippen LogP contribution in [0.4, 0.5) is 0 Å². The van der Waals surface area contributed by atoms with Gasteiger partial charge in [-0.05, 0) is 36.1 Å². The van der Waals surface area contributed by atoms with Crippen molar-refractivity contribution in [2.24, 2.45) is 5.92 Å². The standard InChI is InChI=1S/C19H22O3/c1-14(2)13-21-19(20)15(3)22-18-11-9-17(10-12-18)16-7-5-4-6-8-16/h4-12,14-15H,13H2,1-3H3/t15-/m1/s1. The van der Waals surface area contributed by atoms with Crippen LogP contribution in [0.5, 0.6) is 5.75 Å². The zero-order valence-corrected chi connectivity index (χ0v) is 13.3. The zero-order valence-electron chi connectivity index (χ0n) is 13.3. The van der Waals surface area contributed by atoms with E-state index >= 15 is 0 Å². The SMILES string of the molecule is CC(C)COC(=O)[C@@H](C)Oc1ccc(-c2ccccc2)cc1. The molecule has 2 rings (SSSR count). The van der Waals surface area contributed by atoms with E-state index in [1.54, 1.807) is 6.92 Å². The highest BCUT2D eigenvalue weighted by Gasteiger charge is 2.16. The van der Waals surface area contributed by atoms with Crippen molar-refractivity contribution in [2.45, 2.75) is 26.9 Å². The molecule has 0 aliphatic rings. The fourth-order valence-corrected chi connectivity index (χ4v) is 1.97. The molecule has 0 heterocycles. The third-order valence-electron chi connectivity index (χ3n) is 3.17. The molecule has 0 saturated carbocycles. The second-order valence-corrected chi connectivity index (χ2v) is 5.67. The number of carbonyl (C=O) groups excluding carboxylic acids is 1. The highest BCUT2D eigenvalue weighted by atomic mass is 16.6. The molecule has 3 heteroatoms. The summed E-state index contributed by atoms with van der Waals surface area (Å²) in [5, 5.41) is 0. The lowest BCUT2D eigenvalue weighted by Crippen LogP contribution is -2.27. The first-order valence-electron chi connectivity index (χ1n) is 7.55. The molecular formula is C19H22O3. The summed E-state index contributed by atoms with van der Waals surface area (Å²) in [4.78, 5) is 11.8. The molecule has 0 aliphatic heterocycles. The van der Waals surface area contributed by atoms with Crippen LogP contribution in [0, 0.1) is 5.92 Å². The van der Waals surface area contributed by atoms with Gasteiger partial charge in [0.15, 0.2) is 6.10 Å². The summed E-state index contributed by atoms with van der Waals surface area (Å²) >= 11 is 0. The molecule has 0 aliphatic carbocycles. The Labute approximate surface area is 131 Å². The summed E-state index contributed by atoms with van der Waals surface area (Å²) in [6.07, 6.45) is -0.610. The van der Waals surface area contributed by atoms with Crippen LogP contribution in [0.3, 0.4) is 0 Å². The molecule has 0 unspecified atom stereocenters. The Morgan fingerprint density at radius 2 is 1.50 bits per heavy atom. The quantitative estimate of drug-likeness (QED) is 0.745. The van der Waals surface area contributed by atoms with Crippen molar-refractivity contribution in [3.05, 3.63) is 54.6 Å². The van der Waals surface area contributed by atoms with Gasteiger partial charge in [-0.3, -0.25) is 0 Å². The van der Waals surface area contributed by atoms with E-state index in [-0.39, 0.29) is 5.97 Å². The van der Waals surface area contributed by atoms with Crippen LogP contribution in [0.2, 0.25) is 0 Å². The minimum absolute atomic E-state index is 0.321. The van der Waals surface area contributed by atoms with Crippen molar-refractivity contribution in [1.29, 1.82) is 0 Å². The van der Waals surface area contributed by atoms with Crippen molar-refractivity contribution in [3.63, 3.8) is 0 Å². The maximum atomic E-state index is 11.8. The van der Waals surface area contributed by atoms with E-state index in [4.69, 9.17) is 9.47 Å². The van der Waals surface area contributed by atoms with Crippen LogP contribution in [0.25, 0.3) is 11.1 Å². The number of benzene rings is 2. The smallest absolute Gasteiger partial charge is 0.347 e. The molecule has 2 aromatic rings. The second-order valence-electron chi connectivity index (χ2n) is 5.67. The summed E-state index contributed by atoms with van der Waals surface area (Å²) in [6.45, 7) is 6.12. The number of rotatable bonds is 6. The van der Waals surface area contributed by atoms with Gasteiger partial charge in [-0.15, -0.1) is 0 Å². The Morgan fingerprint density at radius 1 is 0.909 bits per heavy atom. The van der Waals surface area contributed by atoms with Gasteiger partial charge in [-0.1, -0.05) is 56.3 Å². The number of ether oxygens (including phenoxy) is 2. The van der Waals surface area contributed by atoms with Gasteiger partial charge in [0.05, 0.1) is 6.61 Å². The predicted octanol–water partition coefficient (Wildman–Crippen LogP) is 4.32. The molecule has 0 radical (unpaired) electrons. The molecule has 0 spiro atoms. The maximum absolute atomic E-state index is 11.8. The molecule has 0 bridgehead atoms. The Bertz CT molecular complexity index is 588. The average molecular weight is 298 g/mol. The van der Waals surface area contributed by atoms with Crippen LogP contribution in [-0.4, -0.2) is 18.7 Å². The molecule has 0 saturated heterocycles. The Kier molecular flexibility index (Phi) is 5.59. The molecule has 22 heavy (non-hydrogen) atoms. The van der Waals surface area contributed by atoms with E-state index in [1.165, 1.54) is 0 Å². The van der Waals surface area contributed by atoms with E-state index < -0.39 is 6.10 Å². The number of carbonyl (C=O) groups is 1. The van der Waals surface area contributed by atoms with E-state index in [2.05, 4.69) is 12.1 Å². The molecule has 116 valence electrons. The molecule has 0 N–H and O–H groups in total. The Hall–Kier alpha value is -2.29. The lowest BCUT2D eigenvalue weighted by atomic mass is 10.1. The van der Waals surface area contributed by atoms with Gasteiger partial charge in [-0.2, -0.15) is 0 Å². The van der Waals surface area contributed by atoms with E-state index in [9.17, 15) is 4.79 Å². The van der Waals surface area contributed by atoms with Gasteiger partial charge in [0.25, 0.3) is 0 Å². The number of hydrogen-bond acceptors (Lipinski definition) is 3. The number of hydrogen-bond donors (Lipinski definition) is 0. The molecule has 2 aromatic carbocycles. The van der Waals surface area contributed by atoms with E-state index in [1.807, 2.05) is 56.3 Å². The van der Waals surface area contributed by atoms with Crippen LogP contribution in [0.15, 0.2) is 54.6 Å². The first-order chi connectivity index (χ1) is 10.6. The minimum atomic E-state index is -0.610. The summed E-state index contributed by atoms with van der Waals surface area (Å²) < 4.78 is 10.8. The average Bonchev–Trinajstić information content (AvgIpc) is 2.54. The molecule has 3 nitrogen and oxygen atoms in total. The van der Waals surface area contributed by atoms with Crippen molar-refractivity contribution in [1.82, 2.24) is 0 Å². The first-order valence-corrected chi connectivity index (χ1v) is 7.55. The monoisotopic (exact) mass is 298 g/mol. The van der Waals surface area contributed by atoms with E-state index in [0.29, 0.717) is 18.3 Å². The Balaban J connectivity index is 1.95. The lowest BCUT2D eigenvalue weighted by molar-refractivity contribution is -0.152. The Morgan fingerprint density at radius 3 is 2.09 bits per heavy atom. The van der Waals surface area contributed by atoms with Crippen molar-refractivity contribution < 1.29 is 14.3 Å². The normalized spacial score (nSPS) is 12.0. The topological polar surface area (TPSA) is 35.5 Å². The summed E-state index contributed by atoms with van der Waals surface area (Å²) in [5.74, 6) is 0.649. The maximum Gasteiger partial charge on any atom is 0.347 e. The fraction of sp³-hybridized carbons (Fsp3) is 0.316. The van der Waals surface area contributed by atoms with Gasteiger partial charge in [0.1, 0.15) is 5.75 Å². The predicted molar refractivity (Wildman–Crippen MR) is 87.8 cm³/mol. The van der Waals surface area contributed by atoms with Gasteiger partial charge < -0.3 is 9.47 Å². The third kappa shape index (κ3) is 4.62. The van der Waals surface area contributed by atoms with Crippen LogP contribution in [0.1, 0.15) is 20.8 Å². The molecule has 0 amide bonds. The van der Waals surface area contributed by atoms with Gasteiger partial charge in [-0.25, -0.2) is 4.79 Å². The van der Waals surface area contributed by atoms with E-state index in [0.717, 1.165) is 11.1 Å².